The number of carbonyl (C=O) groups excluding carboxylic acids is 3. The van der Waals surface area contributed by atoms with Crippen LogP contribution in [-0.2, 0) is 20.9 Å². The van der Waals surface area contributed by atoms with Gasteiger partial charge in [0.2, 0.25) is 0 Å². The SMILES string of the molecule is O=C([C@H]1CCCO1)N1CCC2(CC1)C(=O)N(CCCO)C(=O)N2Cc1ccccc1. The number of nitrogens with zero attached hydrogens (tertiary/aromatic N) is 3. The van der Waals surface area contributed by atoms with Crippen molar-refractivity contribution in [1.29, 1.82) is 0 Å². The zero-order valence-corrected chi connectivity index (χ0v) is 17.2. The first kappa shape index (κ1) is 20.8. The Kier molecular flexibility index (Phi) is 6.06. The van der Waals surface area contributed by atoms with Gasteiger partial charge in [-0.25, -0.2) is 4.79 Å². The van der Waals surface area contributed by atoms with Crippen LogP contribution in [0, 0.1) is 0 Å². The Hall–Kier alpha value is -2.45. The molecule has 1 aromatic carbocycles. The van der Waals surface area contributed by atoms with E-state index in [-0.39, 0.29) is 37.1 Å². The molecule has 4 amide bonds. The minimum atomic E-state index is -0.935. The van der Waals surface area contributed by atoms with Gasteiger partial charge in [0.1, 0.15) is 11.6 Å². The van der Waals surface area contributed by atoms with Crippen LogP contribution < -0.4 is 0 Å². The van der Waals surface area contributed by atoms with Crippen LogP contribution in [0.2, 0.25) is 0 Å². The quantitative estimate of drug-likeness (QED) is 0.709. The Morgan fingerprint density at radius 2 is 1.90 bits per heavy atom. The molecule has 1 N–H and O–H groups in total. The highest BCUT2D eigenvalue weighted by Gasteiger charge is 2.58. The molecule has 8 heteroatoms. The minimum Gasteiger partial charge on any atom is -0.396 e. The van der Waals surface area contributed by atoms with Crippen LogP contribution in [0.3, 0.4) is 0 Å². The lowest BCUT2D eigenvalue weighted by molar-refractivity contribution is -0.147. The van der Waals surface area contributed by atoms with Crippen molar-refractivity contribution in [2.45, 2.75) is 50.3 Å². The minimum absolute atomic E-state index is 0.00846. The van der Waals surface area contributed by atoms with Gasteiger partial charge < -0.3 is 19.6 Å². The van der Waals surface area contributed by atoms with Gasteiger partial charge in [0.15, 0.2) is 0 Å². The fourth-order valence-corrected chi connectivity index (χ4v) is 4.75. The number of aliphatic hydroxyl groups is 1. The zero-order valence-electron chi connectivity index (χ0n) is 17.2. The van der Waals surface area contributed by atoms with E-state index >= 15 is 0 Å². The smallest absolute Gasteiger partial charge is 0.327 e. The lowest BCUT2D eigenvalue weighted by Crippen LogP contribution is -2.58. The number of amides is 4. The molecule has 0 aromatic heterocycles. The van der Waals surface area contributed by atoms with Gasteiger partial charge >= 0.3 is 6.03 Å². The number of hydrogen-bond donors (Lipinski definition) is 1. The van der Waals surface area contributed by atoms with E-state index in [0.717, 1.165) is 18.4 Å². The summed E-state index contributed by atoms with van der Waals surface area (Å²) in [6.07, 6.45) is 2.45. The van der Waals surface area contributed by atoms with Crippen molar-refractivity contribution in [3.63, 3.8) is 0 Å². The predicted octanol–water partition coefficient (Wildman–Crippen LogP) is 1.37. The summed E-state index contributed by atoms with van der Waals surface area (Å²) in [7, 11) is 0. The maximum atomic E-state index is 13.4. The highest BCUT2D eigenvalue weighted by molar-refractivity contribution is 6.07. The number of carbonyl (C=O) groups is 3. The number of hydrogen-bond acceptors (Lipinski definition) is 5. The number of urea groups is 1. The summed E-state index contributed by atoms with van der Waals surface area (Å²) < 4.78 is 5.53. The molecule has 3 fully saturated rings. The molecule has 0 bridgehead atoms. The molecule has 1 spiro atoms. The molecule has 1 aromatic rings. The first-order valence-corrected chi connectivity index (χ1v) is 10.8. The van der Waals surface area contributed by atoms with Gasteiger partial charge in [0.25, 0.3) is 11.8 Å². The lowest BCUT2D eigenvalue weighted by atomic mass is 9.85. The predicted molar refractivity (Wildman–Crippen MR) is 108 cm³/mol. The Morgan fingerprint density at radius 3 is 2.53 bits per heavy atom. The molecule has 4 rings (SSSR count). The van der Waals surface area contributed by atoms with E-state index in [1.807, 2.05) is 30.3 Å². The molecule has 0 radical (unpaired) electrons. The number of benzene rings is 1. The third-order valence-electron chi connectivity index (χ3n) is 6.45. The molecular weight excluding hydrogens is 386 g/mol. The molecule has 0 aliphatic carbocycles. The van der Waals surface area contributed by atoms with E-state index in [4.69, 9.17) is 4.74 Å². The van der Waals surface area contributed by atoms with Crippen molar-refractivity contribution in [3.8, 4) is 0 Å². The van der Waals surface area contributed by atoms with Crippen LogP contribution in [0.25, 0.3) is 0 Å². The Balaban J connectivity index is 1.54. The standard InChI is InChI=1S/C22H29N3O5/c26-14-5-11-24-20(28)22(25(21(24)29)16-17-6-2-1-3-7-17)9-12-23(13-10-22)19(27)18-8-4-15-30-18/h1-3,6-7,18,26H,4-5,8-16H2/t18-/m1/s1. The molecule has 1 atom stereocenters. The van der Waals surface area contributed by atoms with Crippen LogP contribution in [0.1, 0.15) is 37.7 Å². The van der Waals surface area contributed by atoms with E-state index in [9.17, 15) is 19.5 Å². The maximum absolute atomic E-state index is 13.4. The summed E-state index contributed by atoms with van der Waals surface area (Å²) in [5.41, 5.74) is 0.0234. The third-order valence-corrected chi connectivity index (χ3v) is 6.45. The van der Waals surface area contributed by atoms with Crippen molar-refractivity contribution in [1.82, 2.24) is 14.7 Å². The van der Waals surface area contributed by atoms with Gasteiger partial charge in [-0.3, -0.25) is 14.5 Å². The van der Waals surface area contributed by atoms with Crippen molar-refractivity contribution in [2.24, 2.45) is 0 Å². The fourth-order valence-electron chi connectivity index (χ4n) is 4.75. The average Bonchev–Trinajstić information content (AvgIpc) is 3.37. The first-order chi connectivity index (χ1) is 14.6. The summed E-state index contributed by atoms with van der Waals surface area (Å²) in [5, 5.41) is 9.18. The molecule has 3 heterocycles. The van der Waals surface area contributed by atoms with Gasteiger partial charge in [-0.2, -0.15) is 0 Å². The monoisotopic (exact) mass is 415 g/mol. The number of piperidine rings is 1. The van der Waals surface area contributed by atoms with Crippen molar-refractivity contribution >= 4 is 17.8 Å². The zero-order chi connectivity index (χ0) is 21.1. The highest BCUT2D eigenvalue weighted by Crippen LogP contribution is 2.39. The Morgan fingerprint density at radius 1 is 1.17 bits per heavy atom. The summed E-state index contributed by atoms with van der Waals surface area (Å²) in [6, 6.07) is 9.32. The fraction of sp³-hybridized carbons (Fsp3) is 0.591. The Bertz CT molecular complexity index is 785. The van der Waals surface area contributed by atoms with Crippen LogP contribution in [0.4, 0.5) is 4.79 Å². The van der Waals surface area contributed by atoms with E-state index in [1.54, 1.807) is 9.80 Å². The molecule has 162 valence electrons. The molecule has 3 aliphatic heterocycles. The van der Waals surface area contributed by atoms with Gasteiger partial charge in [-0.1, -0.05) is 30.3 Å². The summed E-state index contributed by atoms with van der Waals surface area (Å²) in [5.74, 6) is -0.216. The van der Waals surface area contributed by atoms with Crippen molar-refractivity contribution in [2.75, 3.05) is 32.8 Å². The molecule has 30 heavy (non-hydrogen) atoms. The molecular formula is C22H29N3O5. The second kappa shape index (κ2) is 8.73. The Labute approximate surface area is 176 Å². The number of imide groups is 1. The maximum Gasteiger partial charge on any atom is 0.327 e. The van der Waals surface area contributed by atoms with Gasteiger partial charge in [-0.05, 0) is 37.7 Å². The molecule has 0 saturated carbocycles. The first-order valence-electron chi connectivity index (χ1n) is 10.8. The lowest BCUT2D eigenvalue weighted by Gasteiger charge is -2.42. The second-order valence-corrected chi connectivity index (χ2v) is 8.25. The number of rotatable bonds is 6. The average molecular weight is 415 g/mol. The molecule has 3 aliphatic rings. The summed E-state index contributed by atoms with van der Waals surface area (Å²) in [4.78, 5) is 44.0. The van der Waals surface area contributed by atoms with Crippen molar-refractivity contribution < 1.29 is 24.2 Å². The van der Waals surface area contributed by atoms with Crippen LogP contribution in [0.15, 0.2) is 30.3 Å². The third kappa shape index (κ3) is 3.70. The van der Waals surface area contributed by atoms with Crippen molar-refractivity contribution in [3.05, 3.63) is 35.9 Å². The second-order valence-electron chi connectivity index (χ2n) is 8.25. The van der Waals surface area contributed by atoms with Crippen LogP contribution >= 0.6 is 0 Å². The molecule has 8 nitrogen and oxygen atoms in total. The number of ether oxygens (including phenoxy) is 1. The number of likely N-dealkylation sites (tertiary alicyclic amines) is 1. The highest BCUT2D eigenvalue weighted by atomic mass is 16.5. The molecule has 3 saturated heterocycles. The molecule has 0 unspecified atom stereocenters. The normalized spacial score (nSPS) is 23.6. The topological polar surface area (TPSA) is 90.4 Å². The van der Waals surface area contributed by atoms with Crippen LogP contribution in [-0.4, -0.2) is 82.1 Å². The van der Waals surface area contributed by atoms with Crippen LogP contribution in [0.5, 0.6) is 0 Å². The summed E-state index contributed by atoms with van der Waals surface area (Å²) in [6.45, 7) is 1.95. The van der Waals surface area contributed by atoms with E-state index < -0.39 is 5.54 Å². The van der Waals surface area contributed by atoms with Gasteiger partial charge in [-0.15, -0.1) is 0 Å². The largest absolute Gasteiger partial charge is 0.396 e. The van der Waals surface area contributed by atoms with E-state index in [0.29, 0.717) is 45.5 Å². The van der Waals surface area contributed by atoms with E-state index in [1.165, 1.54) is 4.90 Å². The summed E-state index contributed by atoms with van der Waals surface area (Å²) >= 11 is 0. The van der Waals surface area contributed by atoms with Gasteiger partial charge in [0.05, 0.1) is 0 Å². The number of aliphatic hydroxyl groups excluding tert-OH is 1. The van der Waals surface area contributed by atoms with E-state index in [2.05, 4.69) is 0 Å². The van der Waals surface area contributed by atoms with Gasteiger partial charge in [0, 0.05) is 39.4 Å².